The predicted molar refractivity (Wildman–Crippen MR) is 113 cm³/mol. The number of fused-ring (bicyclic) bond motifs is 1. The number of aromatic amines is 2. The Kier molecular flexibility index (Phi) is 4.69. The molecule has 0 bridgehead atoms. The topological polar surface area (TPSA) is 87.3 Å². The molecule has 140 valence electrons. The number of hydrogen-bond acceptors (Lipinski definition) is 7. The lowest BCUT2D eigenvalue weighted by Gasteiger charge is -2.12. The van der Waals surface area contributed by atoms with Gasteiger partial charge in [0.05, 0.1) is 11.1 Å². The molecule has 9 heteroatoms. The number of H-pyrrole nitrogens is 2. The summed E-state index contributed by atoms with van der Waals surface area (Å²) in [6.07, 6.45) is 0. The molecule has 0 aromatic carbocycles. The second-order valence-corrected chi connectivity index (χ2v) is 10.3. The molecular weight excluding hydrogens is 398 g/mol. The summed E-state index contributed by atoms with van der Waals surface area (Å²) in [5, 5.41) is 10.6. The molecule has 0 aliphatic rings. The van der Waals surface area contributed by atoms with Gasteiger partial charge in [0.15, 0.2) is 0 Å². The largest absolute Gasteiger partial charge is 0.309 e. The van der Waals surface area contributed by atoms with Crippen LogP contribution in [-0.2, 0) is 11.2 Å². The van der Waals surface area contributed by atoms with E-state index < -0.39 is 0 Å². The first-order valence-electron chi connectivity index (χ1n) is 8.44. The molecule has 2 N–H and O–H groups in total. The van der Waals surface area contributed by atoms with Gasteiger partial charge < -0.3 is 4.98 Å². The molecule has 0 fully saturated rings. The van der Waals surface area contributed by atoms with Gasteiger partial charge in [-0.05, 0) is 19.1 Å². The second-order valence-electron chi connectivity index (χ2n) is 7.26. The van der Waals surface area contributed by atoms with Gasteiger partial charge in [-0.15, -0.1) is 27.8 Å². The highest BCUT2D eigenvalue weighted by atomic mass is 32.2. The Morgan fingerprint density at radius 1 is 1.22 bits per heavy atom. The second kappa shape index (κ2) is 6.88. The smallest absolute Gasteiger partial charge is 0.260 e. The van der Waals surface area contributed by atoms with Crippen LogP contribution in [0, 0.1) is 6.92 Å². The van der Waals surface area contributed by atoms with Crippen molar-refractivity contribution >= 4 is 44.7 Å². The van der Waals surface area contributed by atoms with Gasteiger partial charge in [-0.25, -0.2) is 9.97 Å². The average molecular weight is 418 g/mol. The van der Waals surface area contributed by atoms with Gasteiger partial charge in [0.25, 0.3) is 5.56 Å². The lowest BCUT2D eigenvalue weighted by atomic mass is 9.96. The molecule has 0 saturated carbocycles. The van der Waals surface area contributed by atoms with Crippen LogP contribution in [-0.4, -0.2) is 25.1 Å². The lowest BCUT2D eigenvalue weighted by Crippen LogP contribution is -2.13. The van der Waals surface area contributed by atoms with Crippen LogP contribution in [0.3, 0.4) is 0 Å². The number of rotatable bonds is 4. The summed E-state index contributed by atoms with van der Waals surface area (Å²) in [4.78, 5) is 27.8. The Hall–Kier alpha value is -1.97. The number of thiophene rings is 2. The number of aryl methyl sites for hydroxylation is 1. The Morgan fingerprint density at radius 3 is 2.70 bits per heavy atom. The van der Waals surface area contributed by atoms with Gasteiger partial charge in [0, 0.05) is 26.1 Å². The number of hydrogen-bond donors (Lipinski definition) is 2. The highest BCUT2D eigenvalue weighted by Gasteiger charge is 2.19. The van der Waals surface area contributed by atoms with E-state index in [2.05, 4.69) is 65.0 Å². The van der Waals surface area contributed by atoms with Crippen LogP contribution >= 0.6 is 34.4 Å². The van der Waals surface area contributed by atoms with Crippen LogP contribution in [0.2, 0.25) is 0 Å². The van der Waals surface area contributed by atoms with Crippen LogP contribution in [0.15, 0.2) is 27.5 Å². The molecule has 0 amide bonds. The predicted octanol–water partition coefficient (Wildman–Crippen LogP) is 4.73. The highest BCUT2D eigenvalue weighted by molar-refractivity contribution is 7.98. The number of aromatic nitrogens is 5. The molecule has 4 aromatic rings. The van der Waals surface area contributed by atoms with Crippen LogP contribution in [0.4, 0.5) is 0 Å². The molecule has 4 rings (SSSR count). The van der Waals surface area contributed by atoms with E-state index in [0.29, 0.717) is 22.1 Å². The minimum Gasteiger partial charge on any atom is -0.309 e. The monoisotopic (exact) mass is 417 g/mol. The maximum absolute atomic E-state index is 12.7. The molecule has 0 radical (unpaired) electrons. The van der Waals surface area contributed by atoms with Crippen molar-refractivity contribution in [3.05, 3.63) is 44.4 Å². The standard InChI is InChI=1S/C18H19N5OS3/c1-9-5-6-11(27-9)10-7-25-15-13(10)14(24)19-12(20-15)8-26-17-21-16(22-23-17)18(2,3)4/h5-7H,8H2,1-4H3,(H,19,20,24)(H,21,22,23). The Bertz CT molecular complexity index is 1160. The third kappa shape index (κ3) is 3.71. The van der Waals surface area contributed by atoms with E-state index in [9.17, 15) is 4.79 Å². The van der Waals surface area contributed by atoms with Crippen LogP contribution < -0.4 is 5.56 Å². The van der Waals surface area contributed by atoms with Gasteiger partial charge in [-0.3, -0.25) is 9.89 Å². The van der Waals surface area contributed by atoms with E-state index in [1.54, 1.807) is 11.3 Å². The molecule has 27 heavy (non-hydrogen) atoms. The number of nitrogens with one attached hydrogen (secondary N) is 2. The summed E-state index contributed by atoms with van der Waals surface area (Å²) in [5.74, 6) is 1.99. The van der Waals surface area contributed by atoms with Gasteiger partial charge in [-0.2, -0.15) is 0 Å². The molecule has 6 nitrogen and oxygen atoms in total. The third-order valence-corrected chi connectivity index (χ3v) is 6.78. The molecule has 0 unspecified atom stereocenters. The lowest BCUT2D eigenvalue weighted by molar-refractivity contribution is 0.547. The number of thioether (sulfide) groups is 1. The fourth-order valence-electron chi connectivity index (χ4n) is 2.60. The third-order valence-electron chi connectivity index (χ3n) is 4.01. The van der Waals surface area contributed by atoms with Gasteiger partial charge >= 0.3 is 0 Å². The summed E-state index contributed by atoms with van der Waals surface area (Å²) in [7, 11) is 0. The van der Waals surface area contributed by atoms with Gasteiger partial charge in [-0.1, -0.05) is 32.5 Å². The van der Waals surface area contributed by atoms with Crippen molar-refractivity contribution in [2.75, 3.05) is 0 Å². The van der Waals surface area contributed by atoms with Crippen molar-refractivity contribution in [2.45, 2.75) is 44.0 Å². The Labute approximate surface area is 168 Å². The van der Waals surface area contributed by atoms with E-state index in [1.165, 1.54) is 28.0 Å². The highest BCUT2D eigenvalue weighted by Crippen LogP contribution is 2.35. The number of nitrogens with zero attached hydrogens (tertiary/aromatic N) is 3. The zero-order chi connectivity index (χ0) is 19.2. The summed E-state index contributed by atoms with van der Waals surface area (Å²) in [6, 6.07) is 4.12. The molecule has 0 saturated heterocycles. The van der Waals surface area contributed by atoms with Gasteiger partial charge in [0.2, 0.25) is 5.16 Å². The summed E-state index contributed by atoms with van der Waals surface area (Å²) < 4.78 is 0. The molecule has 0 aliphatic carbocycles. The van der Waals surface area contributed by atoms with Crippen molar-refractivity contribution in [1.82, 2.24) is 25.1 Å². The molecule has 0 atom stereocenters. The summed E-state index contributed by atoms with van der Waals surface area (Å²) in [6.45, 7) is 8.31. The zero-order valence-electron chi connectivity index (χ0n) is 15.4. The maximum Gasteiger partial charge on any atom is 0.260 e. The maximum atomic E-state index is 12.7. The summed E-state index contributed by atoms with van der Waals surface area (Å²) in [5.41, 5.74) is 0.790. The molecular formula is C18H19N5OS3. The Balaban J connectivity index is 1.59. The average Bonchev–Trinajstić information content (AvgIpc) is 3.30. The van der Waals surface area contributed by atoms with Crippen molar-refractivity contribution in [2.24, 2.45) is 0 Å². The fraction of sp³-hybridized carbons (Fsp3) is 0.333. The van der Waals surface area contributed by atoms with Crippen molar-refractivity contribution in [3.63, 3.8) is 0 Å². The van der Waals surface area contributed by atoms with Crippen LogP contribution in [0.5, 0.6) is 0 Å². The van der Waals surface area contributed by atoms with Crippen LogP contribution in [0.25, 0.3) is 20.7 Å². The van der Waals surface area contributed by atoms with Crippen molar-refractivity contribution in [1.29, 1.82) is 0 Å². The van der Waals surface area contributed by atoms with E-state index in [1.807, 2.05) is 5.38 Å². The summed E-state index contributed by atoms with van der Waals surface area (Å²) >= 11 is 4.65. The van der Waals surface area contributed by atoms with E-state index in [4.69, 9.17) is 0 Å². The normalized spacial score (nSPS) is 12.1. The molecule has 0 aliphatic heterocycles. The van der Waals surface area contributed by atoms with E-state index in [-0.39, 0.29) is 11.0 Å². The van der Waals surface area contributed by atoms with Crippen molar-refractivity contribution in [3.8, 4) is 10.4 Å². The molecule has 4 heterocycles. The minimum absolute atomic E-state index is 0.0786. The quantitative estimate of drug-likeness (QED) is 0.469. The van der Waals surface area contributed by atoms with E-state index >= 15 is 0 Å². The SMILES string of the molecule is Cc1ccc(-c2csc3nc(CSc4n[nH]c(C(C)(C)C)n4)[nH]c(=O)c23)s1. The van der Waals surface area contributed by atoms with Gasteiger partial charge in [0.1, 0.15) is 16.5 Å². The Morgan fingerprint density at radius 2 is 2.04 bits per heavy atom. The first-order valence-corrected chi connectivity index (χ1v) is 11.1. The first-order chi connectivity index (χ1) is 12.8. The first kappa shape index (κ1) is 18.4. The minimum atomic E-state index is -0.0942. The van der Waals surface area contributed by atoms with Crippen molar-refractivity contribution < 1.29 is 0 Å². The zero-order valence-corrected chi connectivity index (χ0v) is 17.9. The molecule has 0 spiro atoms. The fourth-order valence-corrected chi connectivity index (χ4v) is 5.19. The van der Waals surface area contributed by atoms with Crippen LogP contribution in [0.1, 0.15) is 37.3 Å². The van der Waals surface area contributed by atoms with E-state index in [0.717, 1.165) is 21.1 Å². The molecule has 4 aromatic heterocycles.